The van der Waals surface area contributed by atoms with Gasteiger partial charge in [-0.15, -0.1) is 0 Å². The van der Waals surface area contributed by atoms with Crippen LogP contribution in [0.3, 0.4) is 0 Å². The predicted octanol–water partition coefficient (Wildman–Crippen LogP) is 4.01. The van der Waals surface area contributed by atoms with Gasteiger partial charge in [-0.05, 0) is 35.9 Å². The number of hydrogen-bond donors (Lipinski definition) is 0. The highest BCUT2D eigenvalue weighted by atomic mass is 19.1. The van der Waals surface area contributed by atoms with E-state index in [1.807, 2.05) is 36.5 Å². The molecule has 0 amide bonds. The SMILES string of the molecule is C=CN(CCc1ccc(F)cc1)Cc1ccccc1. The standard InChI is InChI=1S/C17H18FN/c1-2-19(14-16-6-4-3-5-7-16)13-12-15-8-10-17(18)11-9-15/h2-11H,1,12-14H2. The molecule has 0 atom stereocenters. The fourth-order valence-electron chi connectivity index (χ4n) is 1.98. The van der Waals surface area contributed by atoms with Gasteiger partial charge in [0.1, 0.15) is 5.82 Å². The van der Waals surface area contributed by atoms with Gasteiger partial charge < -0.3 is 4.90 Å². The molecule has 2 rings (SSSR count). The van der Waals surface area contributed by atoms with Gasteiger partial charge in [0.2, 0.25) is 0 Å². The molecule has 0 heterocycles. The molecule has 0 bridgehead atoms. The number of benzene rings is 2. The van der Waals surface area contributed by atoms with Crippen molar-refractivity contribution in [2.24, 2.45) is 0 Å². The quantitative estimate of drug-likeness (QED) is 0.753. The molecule has 2 heteroatoms. The number of halogens is 1. The Morgan fingerprint density at radius 2 is 1.63 bits per heavy atom. The zero-order chi connectivity index (χ0) is 13.5. The predicted molar refractivity (Wildman–Crippen MR) is 77.2 cm³/mol. The molecule has 0 spiro atoms. The summed E-state index contributed by atoms with van der Waals surface area (Å²) in [7, 11) is 0. The highest BCUT2D eigenvalue weighted by Crippen LogP contribution is 2.08. The molecule has 0 saturated heterocycles. The Balaban J connectivity index is 1.89. The zero-order valence-electron chi connectivity index (χ0n) is 10.9. The molecule has 19 heavy (non-hydrogen) atoms. The normalized spacial score (nSPS) is 10.2. The van der Waals surface area contributed by atoms with Crippen molar-refractivity contribution >= 4 is 0 Å². The van der Waals surface area contributed by atoms with E-state index in [-0.39, 0.29) is 5.82 Å². The maximum atomic E-state index is 12.8. The third-order valence-electron chi connectivity index (χ3n) is 3.09. The summed E-state index contributed by atoms with van der Waals surface area (Å²) >= 11 is 0. The molecule has 2 aromatic carbocycles. The fraction of sp³-hybridized carbons (Fsp3) is 0.176. The van der Waals surface area contributed by atoms with Crippen molar-refractivity contribution in [1.29, 1.82) is 0 Å². The Kier molecular flexibility index (Phi) is 4.73. The summed E-state index contributed by atoms with van der Waals surface area (Å²) in [4.78, 5) is 2.17. The van der Waals surface area contributed by atoms with Crippen LogP contribution in [0.4, 0.5) is 4.39 Å². The Bertz CT molecular complexity index is 505. The lowest BCUT2D eigenvalue weighted by molar-refractivity contribution is 0.374. The molecule has 1 nitrogen and oxygen atoms in total. The summed E-state index contributed by atoms with van der Waals surface area (Å²) in [6, 6.07) is 17.0. The lowest BCUT2D eigenvalue weighted by Crippen LogP contribution is -2.19. The van der Waals surface area contributed by atoms with E-state index < -0.39 is 0 Å². The van der Waals surface area contributed by atoms with Gasteiger partial charge in [-0.25, -0.2) is 4.39 Å². The molecule has 0 radical (unpaired) electrons. The summed E-state index contributed by atoms with van der Waals surface area (Å²) < 4.78 is 12.8. The Morgan fingerprint density at radius 3 is 2.26 bits per heavy atom. The van der Waals surface area contributed by atoms with Crippen LogP contribution in [0, 0.1) is 5.82 Å². The van der Waals surface area contributed by atoms with Gasteiger partial charge in [0.15, 0.2) is 0 Å². The topological polar surface area (TPSA) is 3.24 Å². The highest BCUT2D eigenvalue weighted by molar-refractivity contribution is 5.17. The molecule has 0 fully saturated rings. The Hall–Kier alpha value is -2.09. The monoisotopic (exact) mass is 255 g/mol. The van der Waals surface area contributed by atoms with E-state index in [0.717, 1.165) is 25.1 Å². The maximum Gasteiger partial charge on any atom is 0.123 e. The van der Waals surface area contributed by atoms with Gasteiger partial charge in [-0.3, -0.25) is 0 Å². The van der Waals surface area contributed by atoms with Crippen molar-refractivity contribution in [1.82, 2.24) is 4.90 Å². The Labute approximate surface area is 114 Å². The van der Waals surface area contributed by atoms with Crippen LogP contribution >= 0.6 is 0 Å². The minimum atomic E-state index is -0.186. The third kappa shape index (κ3) is 4.25. The van der Waals surface area contributed by atoms with Crippen molar-refractivity contribution in [2.75, 3.05) is 6.54 Å². The van der Waals surface area contributed by atoms with Gasteiger partial charge in [-0.2, -0.15) is 0 Å². The van der Waals surface area contributed by atoms with Gasteiger partial charge in [-0.1, -0.05) is 49.0 Å². The molecule has 0 saturated carbocycles. The first-order valence-corrected chi connectivity index (χ1v) is 6.43. The third-order valence-corrected chi connectivity index (χ3v) is 3.09. The molecule has 0 aromatic heterocycles. The van der Waals surface area contributed by atoms with Gasteiger partial charge >= 0.3 is 0 Å². The zero-order valence-corrected chi connectivity index (χ0v) is 10.9. The molecule has 98 valence electrons. The van der Waals surface area contributed by atoms with Crippen LogP contribution in [-0.4, -0.2) is 11.4 Å². The van der Waals surface area contributed by atoms with Crippen LogP contribution in [0.5, 0.6) is 0 Å². The van der Waals surface area contributed by atoms with E-state index in [1.54, 1.807) is 0 Å². The first kappa shape index (κ1) is 13.3. The van der Waals surface area contributed by atoms with E-state index >= 15 is 0 Å². The van der Waals surface area contributed by atoms with E-state index in [9.17, 15) is 4.39 Å². The van der Waals surface area contributed by atoms with Crippen molar-refractivity contribution in [3.05, 3.63) is 84.3 Å². The minimum Gasteiger partial charge on any atom is -0.373 e. The molecule has 0 aliphatic rings. The van der Waals surface area contributed by atoms with Crippen molar-refractivity contribution < 1.29 is 4.39 Å². The smallest absolute Gasteiger partial charge is 0.123 e. The largest absolute Gasteiger partial charge is 0.373 e. The van der Waals surface area contributed by atoms with Crippen LogP contribution in [0.1, 0.15) is 11.1 Å². The molecular weight excluding hydrogens is 237 g/mol. The summed E-state index contributed by atoms with van der Waals surface area (Å²) in [6.45, 7) is 5.58. The second-order valence-electron chi connectivity index (χ2n) is 4.52. The molecule has 2 aromatic rings. The molecule has 0 aliphatic carbocycles. The van der Waals surface area contributed by atoms with E-state index in [4.69, 9.17) is 0 Å². The molecular formula is C17H18FN. The van der Waals surface area contributed by atoms with Crippen molar-refractivity contribution in [3.63, 3.8) is 0 Å². The van der Waals surface area contributed by atoms with E-state index in [0.29, 0.717) is 0 Å². The Morgan fingerprint density at radius 1 is 0.947 bits per heavy atom. The maximum absolute atomic E-state index is 12.8. The van der Waals surface area contributed by atoms with Crippen molar-refractivity contribution in [3.8, 4) is 0 Å². The van der Waals surface area contributed by atoms with Crippen LogP contribution in [-0.2, 0) is 13.0 Å². The number of hydrogen-bond acceptors (Lipinski definition) is 1. The van der Waals surface area contributed by atoms with E-state index in [2.05, 4.69) is 23.6 Å². The number of rotatable bonds is 6. The summed E-state index contributed by atoms with van der Waals surface area (Å²) in [6.07, 6.45) is 2.75. The van der Waals surface area contributed by atoms with Crippen LogP contribution in [0.25, 0.3) is 0 Å². The van der Waals surface area contributed by atoms with Crippen LogP contribution in [0.15, 0.2) is 67.4 Å². The molecule has 0 unspecified atom stereocenters. The van der Waals surface area contributed by atoms with Gasteiger partial charge in [0, 0.05) is 13.1 Å². The van der Waals surface area contributed by atoms with E-state index in [1.165, 1.54) is 17.7 Å². The molecule has 0 aliphatic heterocycles. The second kappa shape index (κ2) is 6.74. The lowest BCUT2D eigenvalue weighted by Gasteiger charge is -2.20. The average Bonchev–Trinajstić information content (AvgIpc) is 2.46. The first-order valence-electron chi connectivity index (χ1n) is 6.43. The van der Waals surface area contributed by atoms with Gasteiger partial charge in [0.05, 0.1) is 0 Å². The van der Waals surface area contributed by atoms with Crippen LogP contribution in [0.2, 0.25) is 0 Å². The summed E-state index contributed by atoms with van der Waals surface area (Å²) in [5, 5.41) is 0. The van der Waals surface area contributed by atoms with Gasteiger partial charge in [0.25, 0.3) is 0 Å². The second-order valence-corrected chi connectivity index (χ2v) is 4.52. The first-order chi connectivity index (χ1) is 9.28. The fourth-order valence-corrected chi connectivity index (χ4v) is 1.98. The molecule has 0 N–H and O–H groups in total. The highest BCUT2D eigenvalue weighted by Gasteiger charge is 2.01. The summed E-state index contributed by atoms with van der Waals surface area (Å²) in [5.41, 5.74) is 2.41. The average molecular weight is 255 g/mol. The lowest BCUT2D eigenvalue weighted by atomic mass is 10.1. The summed E-state index contributed by atoms with van der Waals surface area (Å²) in [5.74, 6) is -0.186. The van der Waals surface area contributed by atoms with Crippen molar-refractivity contribution in [2.45, 2.75) is 13.0 Å². The van der Waals surface area contributed by atoms with Crippen LogP contribution < -0.4 is 0 Å². The number of nitrogens with zero attached hydrogens (tertiary/aromatic N) is 1. The minimum absolute atomic E-state index is 0.186.